The van der Waals surface area contributed by atoms with Gasteiger partial charge >= 0.3 is 5.97 Å². The van der Waals surface area contributed by atoms with Crippen LogP contribution >= 0.6 is 12.4 Å². The van der Waals surface area contributed by atoms with Gasteiger partial charge in [-0.1, -0.05) is 48.5 Å². The lowest BCUT2D eigenvalue weighted by molar-refractivity contribution is -0.136. The van der Waals surface area contributed by atoms with Gasteiger partial charge in [0, 0.05) is 18.5 Å². The van der Waals surface area contributed by atoms with Gasteiger partial charge in [0.1, 0.15) is 24.5 Å². The Morgan fingerprint density at radius 3 is 2.50 bits per heavy atom. The molecule has 3 aromatic carbocycles. The number of carboxylic acids is 1. The van der Waals surface area contributed by atoms with E-state index in [0.717, 1.165) is 12.0 Å². The predicted molar refractivity (Wildman–Crippen MR) is 136 cm³/mol. The van der Waals surface area contributed by atoms with Crippen LogP contribution in [-0.4, -0.2) is 41.0 Å². The van der Waals surface area contributed by atoms with E-state index >= 15 is 0 Å². The number of aliphatic carboxylic acids is 1. The first-order valence-corrected chi connectivity index (χ1v) is 11.0. The van der Waals surface area contributed by atoms with Crippen molar-refractivity contribution in [1.82, 2.24) is 5.32 Å². The Morgan fingerprint density at radius 2 is 1.79 bits per heavy atom. The maximum atomic E-state index is 10.7. The van der Waals surface area contributed by atoms with Gasteiger partial charge in [-0.15, -0.1) is 12.4 Å². The highest BCUT2D eigenvalue weighted by Crippen LogP contribution is 2.21. The number of β-amino-alcohol motifs (C(OH)–C–C–N with tert-alkyl or cyclic N) is 1. The number of halogens is 1. The van der Waals surface area contributed by atoms with E-state index in [9.17, 15) is 15.2 Å². The Labute approximate surface area is 206 Å². The molecule has 6 nitrogen and oxygen atoms in total. The third kappa shape index (κ3) is 8.03. The van der Waals surface area contributed by atoms with Crippen LogP contribution in [0.4, 0.5) is 0 Å². The van der Waals surface area contributed by atoms with Crippen molar-refractivity contribution < 1.29 is 19.7 Å². The molecule has 0 aliphatic carbocycles. The minimum Gasteiger partial charge on any atom is -0.489 e. The summed E-state index contributed by atoms with van der Waals surface area (Å²) in [7, 11) is 0. The molecular weight excluding hydrogens is 452 g/mol. The van der Waals surface area contributed by atoms with E-state index in [1.165, 1.54) is 16.3 Å². The summed E-state index contributed by atoms with van der Waals surface area (Å²) in [6.45, 7) is 4.58. The van der Waals surface area contributed by atoms with E-state index in [2.05, 4.69) is 55.6 Å². The zero-order valence-electron chi connectivity index (χ0n) is 19.5. The van der Waals surface area contributed by atoms with Crippen LogP contribution in [0.3, 0.4) is 0 Å². The molecule has 3 N–H and O–H groups in total. The molecule has 0 aromatic heterocycles. The molecule has 0 saturated carbocycles. The number of aliphatic hydroxyl groups excluding tert-OH is 1. The number of hydrogen-bond acceptors (Lipinski definition) is 5. The van der Waals surface area contributed by atoms with Crippen molar-refractivity contribution in [1.29, 1.82) is 5.26 Å². The van der Waals surface area contributed by atoms with E-state index < -0.39 is 12.1 Å². The Kier molecular flexibility index (Phi) is 9.88. The Bertz CT molecular complexity index is 1160. The van der Waals surface area contributed by atoms with Crippen LogP contribution in [0.25, 0.3) is 10.8 Å². The van der Waals surface area contributed by atoms with E-state index in [4.69, 9.17) is 9.84 Å². The average Bonchev–Trinajstić information content (AvgIpc) is 2.80. The highest BCUT2D eigenvalue weighted by atomic mass is 35.5. The van der Waals surface area contributed by atoms with Crippen LogP contribution in [0.1, 0.15) is 37.0 Å². The lowest BCUT2D eigenvalue weighted by Crippen LogP contribution is -2.46. The number of rotatable bonds is 11. The predicted octanol–water partition coefficient (Wildman–Crippen LogP) is 4.50. The number of carboxylic acid groups (broad SMARTS) is 1. The van der Waals surface area contributed by atoms with Crippen molar-refractivity contribution in [2.24, 2.45) is 0 Å². The summed E-state index contributed by atoms with van der Waals surface area (Å²) < 4.78 is 5.67. The number of benzene rings is 3. The molecule has 1 unspecified atom stereocenters. The van der Waals surface area contributed by atoms with E-state index in [0.29, 0.717) is 24.3 Å². The molecular formula is C27H31ClN2O4. The normalized spacial score (nSPS) is 11.9. The van der Waals surface area contributed by atoms with Crippen LogP contribution in [-0.2, 0) is 17.6 Å². The summed E-state index contributed by atoms with van der Waals surface area (Å²) in [6, 6.07) is 21.8. The number of hydrogen-bond donors (Lipinski definition) is 3. The fraction of sp³-hybridized carbons (Fsp3) is 0.333. The van der Waals surface area contributed by atoms with Gasteiger partial charge in [0.05, 0.1) is 5.56 Å². The molecule has 0 radical (unpaired) electrons. The number of nitrogens with zero attached hydrogens (tertiary/aromatic N) is 1. The maximum absolute atomic E-state index is 10.7. The van der Waals surface area contributed by atoms with Crippen molar-refractivity contribution in [2.45, 2.75) is 44.8 Å². The monoisotopic (exact) mass is 482 g/mol. The van der Waals surface area contributed by atoms with Gasteiger partial charge in [0.25, 0.3) is 0 Å². The molecule has 3 aromatic rings. The van der Waals surface area contributed by atoms with Crippen LogP contribution < -0.4 is 10.1 Å². The first kappa shape index (κ1) is 27.1. The summed E-state index contributed by atoms with van der Waals surface area (Å²) in [5.74, 6) is -0.501. The number of aliphatic hydroxyl groups is 1. The number of fused-ring (bicyclic) bond motifs is 1. The van der Waals surface area contributed by atoms with Gasteiger partial charge in [-0.25, -0.2) is 0 Å². The third-order valence-corrected chi connectivity index (χ3v) is 5.50. The molecule has 0 fully saturated rings. The lowest BCUT2D eigenvalue weighted by Gasteiger charge is -2.28. The zero-order chi connectivity index (χ0) is 23.8. The van der Waals surface area contributed by atoms with Gasteiger partial charge in [0.15, 0.2) is 0 Å². The second kappa shape index (κ2) is 12.4. The standard InChI is InChI=1S/C27H30N2O4.ClH/c1-27(2,15-20-7-10-21-5-3-4-6-22(21)14-20)29-17-24(30)18-33-25-11-8-19(9-12-26(31)32)13-23(25)16-28;/h3-8,10-11,13-14,24,29-30H,9,12,15,17-18H2,1-2H3,(H,31,32);1H. The Balaban J connectivity index is 0.00000408. The molecule has 0 spiro atoms. The molecule has 180 valence electrons. The summed E-state index contributed by atoms with van der Waals surface area (Å²) in [6.07, 6.45) is 0.411. The first-order chi connectivity index (χ1) is 15.8. The average molecular weight is 483 g/mol. The van der Waals surface area contributed by atoms with Crippen LogP contribution in [0.2, 0.25) is 0 Å². The summed E-state index contributed by atoms with van der Waals surface area (Å²) in [5.41, 5.74) is 2.08. The molecule has 0 aliphatic heterocycles. The Morgan fingerprint density at radius 1 is 1.09 bits per heavy atom. The number of nitriles is 1. The van der Waals surface area contributed by atoms with Gasteiger partial charge in [-0.3, -0.25) is 4.79 Å². The second-order valence-electron chi connectivity index (χ2n) is 8.92. The fourth-order valence-electron chi connectivity index (χ4n) is 3.76. The van der Waals surface area contributed by atoms with Gasteiger partial charge in [-0.2, -0.15) is 5.26 Å². The SMILES string of the molecule is CC(C)(Cc1ccc2ccccc2c1)NCC(O)COc1ccc(CCC(=O)O)cc1C#N.Cl. The highest BCUT2D eigenvalue weighted by molar-refractivity contribution is 5.85. The summed E-state index contributed by atoms with van der Waals surface area (Å²) >= 11 is 0. The number of aryl methyl sites for hydroxylation is 1. The molecule has 0 aliphatic rings. The molecule has 3 rings (SSSR count). The van der Waals surface area contributed by atoms with E-state index in [1.54, 1.807) is 18.2 Å². The van der Waals surface area contributed by atoms with Gasteiger partial charge in [-0.05, 0) is 60.7 Å². The fourth-order valence-corrected chi connectivity index (χ4v) is 3.76. The minimum absolute atomic E-state index is 0. The maximum Gasteiger partial charge on any atom is 0.303 e. The zero-order valence-corrected chi connectivity index (χ0v) is 20.3. The molecule has 1 atom stereocenters. The third-order valence-electron chi connectivity index (χ3n) is 5.50. The van der Waals surface area contributed by atoms with Gasteiger partial charge < -0.3 is 20.3 Å². The van der Waals surface area contributed by atoms with Crippen molar-refractivity contribution >= 4 is 29.1 Å². The number of nitrogens with one attached hydrogen (secondary N) is 1. The van der Waals surface area contributed by atoms with Crippen LogP contribution in [0, 0.1) is 11.3 Å². The molecule has 0 saturated heterocycles. The van der Waals surface area contributed by atoms with Gasteiger partial charge in [0.2, 0.25) is 0 Å². The lowest BCUT2D eigenvalue weighted by atomic mass is 9.93. The van der Waals surface area contributed by atoms with E-state index in [-0.39, 0.29) is 31.0 Å². The smallest absolute Gasteiger partial charge is 0.303 e. The molecule has 0 bridgehead atoms. The summed E-state index contributed by atoms with van der Waals surface area (Å²) in [5, 5.41) is 34.4. The largest absolute Gasteiger partial charge is 0.489 e. The van der Waals surface area contributed by atoms with Crippen molar-refractivity contribution in [3.63, 3.8) is 0 Å². The highest BCUT2D eigenvalue weighted by Gasteiger charge is 2.20. The van der Waals surface area contributed by atoms with Crippen molar-refractivity contribution in [3.8, 4) is 11.8 Å². The molecule has 0 heterocycles. The topological polar surface area (TPSA) is 103 Å². The molecule has 0 amide bonds. The number of carbonyl (C=O) groups is 1. The van der Waals surface area contributed by atoms with Crippen molar-refractivity contribution in [3.05, 3.63) is 77.4 Å². The molecule has 7 heteroatoms. The first-order valence-electron chi connectivity index (χ1n) is 11.0. The van der Waals surface area contributed by atoms with Crippen LogP contribution in [0.15, 0.2) is 60.7 Å². The minimum atomic E-state index is -0.881. The molecule has 34 heavy (non-hydrogen) atoms. The van der Waals surface area contributed by atoms with Crippen LogP contribution in [0.5, 0.6) is 5.75 Å². The Hall–Kier alpha value is -3.11. The van der Waals surface area contributed by atoms with Crippen molar-refractivity contribution in [2.75, 3.05) is 13.2 Å². The van der Waals surface area contributed by atoms with E-state index in [1.807, 2.05) is 12.1 Å². The number of ether oxygens (including phenoxy) is 1. The summed E-state index contributed by atoms with van der Waals surface area (Å²) in [4.78, 5) is 10.7. The quantitative estimate of drug-likeness (QED) is 0.372. The second-order valence-corrected chi connectivity index (χ2v) is 8.92.